The molecule has 0 aromatic carbocycles. The third-order valence-electron chi connectivity index (χ3n) is 3.78. The molecule has 0 bridgehead atoms. The fourth-order valence-electron chi connectivity index (χ4n) is 2.55. The first-order valence-corrected chi connectivity index (χ1v) is 7.28. The highest BCUT2D eigenvalue weighted by molar-refractivity contribution is 4.68. The van der Waals surface area contributed by atoms with Gasteiger partial charge in [-0.3, -0.25) is 0 Å². The van der Waals surface area contributed by atoms with Gasteiger partial charge in [-0.2, -0.15) is 0 Å². The van der Waals surface area contributed by atoms with Crippen molar-refractivity contribution in [1.29, 1.82) is 0 Å². The Morgan fingerprint density at radius 3 is 1.75 bits per heavy atom. The van der Waals surface area contributed by atoms with Crippen LogP contribution in [-0.2, 0) is 4.74 Å². The average molecular weight is 226 g/mol. The highest BCUT2D eigenvalue weighted by atomic mass is 16.5. The first-order chi connectivity index (χ1) is 7.71. The van der Waals surface area contributed by atoms with Crippen molar-refractivity contribution in [3.63, 3.8) is 0 Å². The molecular formula is C15H30O. The van der Waals surface area contributed by atoms with Crippen molar-refractivity contribution in [1.82, 2.24) is 0 Å². The molecule has 0 amide bonds. The van der Waals surface area contributed by atoms with Crippen molar-refractivity contribution >= 4 is 0 Å². The van der Waals surface area contributed by atoms with Gasteiger partial charge in [0.05, 0.1) is 0 Å². The number of rotatable bonds is 0. The Kier molecular flexibility index (Phi) is 7.11. The Morgan fingerprint density at radius 2 is 1.06 bits per heavy atom. The zero-order chi connectivity index (χ0) is 11.7. The molecule has 0 radical (unpaired) electrons. The molecule has 16 heavy (non-hydrogen) atoms. The smallest absolute Gasteiger partial charge is 0.0466 e. The van der Waals surface area contributed by atoms with Crippen LogP contribution in [-0.4, -0.2) is 13.2 Å². The van der Waals surface area contributed by atoms with Crippen LogP contribution in [0.4, 0.5) is 0 Å². The normalized spacial score (nSPS) is 25.9. The maximum Gasteiger partial charge on any atom is 0.0466 e. The van der Waals surface area contributed by atoms with Crippen LogP contribution >= 0.6 is 0 Å². The lowest BCUT2D eigenvalue weighted by atomic mass is 9.82. The zero-order valence-electron chi connectivity index (χ0n) is 11.4. The Balaban J connectivity index is 2.22. The van der Waals surface area contributed by atoms with Crippen molar-refractivity contribution in [3.05, 3.63) is 0 Å². The van der Waals surface area contributed by atoms with E-state index in [9.17, 15) is 0 Å². The topological polar surface area (TPSA) is 9.23 Å². The molecule has 1 fully saturated rings. The molecule has 0 aliphatic carbocycles. The SMILES string of the molecule is CC1(C)CCCCCCCCOCCCC1. The number of hydrogen-bond acceptors (Lipinski definition) is 1. The maximum absolute atomic E-state index is 5.65. The second kappa shape index (κ2) is 8.11. The van der Waals surface area contributed by atoms with E-state index in [0.29, 0.717) is 5.41 Å². The van der Waals surface area contributed by atoms with Crippen molar-refractivity contribution in [3.8, 4) is 0 Å². The largest absolute Gasteiger partial charge is 0.381 e. The highest BCUT2D eigenvalue weighted by Gasteiger charge is 2.16. The van der Waals surface area contributed by atoms with Crippen LogP contribution in [0.5, 0.6) is 0 Å². The molecule has 1 nitrogen and oxygen atoms in total. The van der Waals surface area contributed by atoms with Crippen LogP contribution in [0.15, 0.2) is 0 Å². The van der Waals surface area contributed by atoms with Gasteiger partial charge in [0.25, 0.3) is 0 Å². The van der Waals surface area contributed by atoms with E-state index in [4.69, 9.17) is 4.74 Å². The summed E-state index contributed by atoms with van der Waals surface area (Å²) in [7, 11) is 0. The van der Waals surface area contributed by atoms with E-state index in [1.54, 1.807) is 0 Å². The fourth-order valence-corrected chi connectivity index (χ4v) is 2.55. The molecule has 0 N–H and O–H groups in total. The van der Waals surface area contributed by atoms with Crippen molar-refractivity contribution in [2.45, 2.75) is 78.1 Å². The lowest BCUT2D eigenvalue weighted by Gasteiger charge is -2.24. The van der Waals surface area contributed by atoms with E-state index >= 15 is 0 Å². The van der Waals surface area contributed by atoms with Gasteiger partial charge in [0.1, 0.15) is 0 Å². The predicted octanol–water partition coefficient (Wildman–Crippen LogP) is 4.94. The van der Waals surface area contributed by atoms with E-state index in [2.05, 4.69) is 13.8 Å². The summed E-state index contributed by atoms with van der Waals surface area (Å²) in [6, 6.07) is 0. The second-order valence-electron chi connectivity index (χ2n) is 6.11. The lowest BCUT2D eigenvalue weighted by molar-refractivity contribution is 0.121. The first kappa shape index (κ1) is 14.0. The first-order valence-electron chi connectivity index (χ1n) is 7.28. The van der Waals surface area contributed by atoms with Crippen LogP contribution in [0.1, 0.15) is 78.1 Å². The van der Waals surface area contributed by atoms with E-state index in [1.165, 1.54) is 64.2 Å². The van der Waals surface area contributed by atoms with Crippen molar-refractivity contribution in [2.24, 2.45) is 5.41 Å². The molecule has 0 unspecified atom stereocenters. The van der Waals surface area contributed by atoms with Crippen molar-refractivity contribution in [2.75, 3.05) is 13.2 Å². The van der Waals surface area contributed by atoms with Gasteiger partial charge >= 0.3 is 0 Å². The minimum absolute atomic E-state index is 0.560. The van der Waals surface area contributed by atoms with Gasteiger partial charge < -0.3 is 4.74 Å². The van der Waals surface area contributed by atoms with Crippen molar-refractivity contribution < 1.29 is 4.74 Å². The highest BCUT2D eigenvalue weighted by Crippen LogP contribution is 2.30. The molecule has 0 aromatic rings. The monoisotopic (exact) mass is 226 g/mol. The van der Waals surface area contributed by atoms with Gasteiger partial charge in [-0.1, -0.05) is 52.4 Å². The Labute approximate surface area is 102 Å². The van der Waals surface area contributed by atoms with E-state index in [-0.39, 0.29) is 0 Å². The molecular weight excluding hydrogens is 196 g/mol. The van der Waals surface area contributed by atoms with Gasteiger partial charge in [-0.25, -0.2) is 0 Å². The third kappa shape index (κ3) is 7.27. The molecule has 0 atom stereocenters. The van der Waals surface area contributed by atoms with Gasteiger partial charge in [-0.15, -0.1) is 0 Å². The molecule has 0 spiro atoms. The summed E-state index contributed by atoms with van der Waals surface area (Å²) in [5.74, 6) is 0. The molecule has 0 saturated carbocycles. The van der Waals surface area contributed by atoms with Gasteiger partial charge in [0, 0.05) is 13.2 Å². The van der Waals surface area contributed by atoms with E-state index in [0.717, 1.165) is 13.2 Å². The fraction of sp³-hybridized carbons (Fsp3) is 1.00. The molecule has 1 aliphatic rings. The summed E-state index contributed by atoms with van der Waals surface area (Å²) < 4.78 is 5.65. The Hall–Kier alpha value is -0.0400. The Bertz CT molecular complexity index is 147. The summed E-state index contributed by atoms with van der Waals surface area (Å²) in [6.07, 6.45) is 13.7. The summed E-state index contributed by atoms with van der Waals surface area (Å²) in [4.78, 5) is 0. The third-order valence-corrected chi connectivity index (χ3v) is 3.78. The van der Waals surface area contributed by atoms with Gasteiger partial charge in [0.15, 0.2) is 0 Å². The summed E-state index contributed by atoms with van der Waals surface area (Å²) in [6.45, 7) is 6.83. The van der Waals surface area contributed by atoms with E-state index in [1.807, 2.05) is 0 Å². The molecule has 1 aliphatic heterocycles. The van der Waals surface area contributed by atoms with Gasteiger partial charge in [0.2, 0.25) is 0 Å². The zero-order valence-corrected chi connectivity index (χ0v) is 11.4. The standard InChI is InChI=1S/C15H30O/c1-15(2)11-7-5-3-4-6-9-13-16-14-10-8-12-15/h3-14H2,1-2H3. The molecule has 1 rings (SSSR count). The predicted molar refractivity (Wildman–Crippen MR) is 70.8 cm³/mol. The van der Waals surface area contributed by atoms with E-state index < -0.39 is 0 Å². The van der Waals surface area contributed by atoms with Gasteiger partial charge in [-0.05, 0) is 31.1 Å². The quantitative estimate of drug-likeness (QED) is 0.568. The second-order valence-corrected chi connectivity index (χ2v) is 6.11. The summed E-state index contributed by atoms with van der Waals surface area (Å²) >= 11 is 0. The minimum Gasteiger partial charge on any atom is -0.381 e. The molecule has 96 valence electrons. The Morgan fingerprint density at radius 1 is 0.625 bits per heavy atom. The maximum atomic E-state index is 5.65. The molecule has 1 heterocycles. The molecule has 1 saturated heterocycles. The summed E-state index contributed by atoms with van der Waals surface area (Å²) in [5, 5.41) is 0. The molecule has 0 aromatic heterocycles. The van der Waals surface area contributed by atoms with Crippen LogP contribution in [0.3, 0.4) is 0 Å². The van der Waals surface area contributed by atoms with Crippen LogP contribution in [0.25, 0.3) is 0 Å². The number of ether oxygens (including phenoxy) is 1. The average Bonchev–Trinajstić information content (AvgIpc) is 2.24. The summed E-state index contributed by atoms with van der Waals surface area (Å²) in [5.41, 5.74) is 0.560. The van der Waals surface area contributed by atoms with Crippen LogP contribution < -0.4 is 0 Å². The molecule has 1 heteroatoms. The lowest BCUT2D eigenvalue weighted by Crippen LogP contribution is -2.11. The number of hydrogen-bond donors (Lipinski definition) is 0. The minimum atomic E-state index is 0.560. The van der Waals surface area contributed by atoms with Crippen LogP contribution in [0.2, 0.25) is 0 Å². The van der Waals surface area contributed by atoms with Crippen LogP contribution in [0, 0.1) is 5.41 Å².